The van der Waals surface area contributed by atoms with Crippen molar-refractivity contribution in [1.82, 2.24) is 5.32 Å². The summed E-state index contributed by atoms with van der Waals surface area (Å²) in [6.45, 7) is 4.14. The molecule has 0 saturated carbocycles. The third-order valence-corrected chi connectivity index (χ3v) is 4.74. The fourth-order valence-electron chi connectivity index (χ4n) is 3.07. The molecule has 2 amide bonds. The van der Waals surface area contributed by atoms with Crippen molar-refractivity contribution in [2.24, 2.45) is 5.92 Å². The maximum absolute atomic E-state index is 13.0. The van der Waals surface area contributed by atoms with E-state index >= 15 is 0 Å². The van der Waals surface area contributed by atoms with Crippen molar-refractivity contribution in [3.05, 3.63) is 102 Å². The van der Waals surface area contributed by atoms with Crippen molar-refractivity contribution in [3.8, 4) is 0 Å². The second-order valence-electron chi connectivity index (χ2n) is 7.31. The van der Waals surface area contributed by atoms with Crippen LogP contribution >= 0.6 is 0 Å². The second kappa shape index (κ2) is 9.69. The van der Waals surface area contributed by atoms with E-state index in [4.69, 9.17) is 0 Å². The maximum atomic E-state index is 13.0. The molecule has 0 radical (unpaired) electrons. The zero-order chi connectivity index (χ0) is 20.6. The third kappa shape index (κ3) is 5.55. The molecule has 4 heteroatoms. The first-order valence-corrected chi connectivity index (χ1v) is 9.82. The molecule has 0 aliphatic heterocycles. The van der Waals surface area contributed by atoms with Gasteiger partial charge in [0.1, 0.15) is 0 Å². The Hall–Kier alpha value is -3.40. The summed E-state index contributed by atoms with van der Waals surface area (Å²) in [4.78, 5) is 24.8. The molecule has 3 aromatic carbocycles. The highest BCUT2D eigenvalue weighted by Gasteiger charge is 2.22. The largest absolute Gasteiger partial charge is 0.351 e. The van der Waals surface area contributed by atoms with E-state index in [-0.39, 0.29) is 23.7 Å². The van der Waals surface area contributed by atoms with Crippen LogP contribution in [0.2, 0.25) is 0 Å². The summed E-state index contributed by atoms with van der Waals surface area (Å²) in [5.74, 6) is -0.483. The fourth-order valence-corrected chi connectivity index (χ4v) is 3.07. The number of benzene rings is 3. The van der Waals surface area contributed by atoms with E-state index in [0.717, 1.165) is 22.4 Å². The summed E-state index contributed by atoms with van der Waals surface area (Å²) in [5, 5.41) is 5.92. The Morgan fingerprint density at radius 2 is 1.24 bits per heavy atom. The van der Waals surface area contributed by atoms with Crippen LogP contribution in [-0.4, -0.2) is 11.8 Å². The number of rotatable bonds is 7. The molecule has 2 N–H and O–H groups in total. The Bertz CT molecular complexity index is 896. The van der Waals surface area contributed by atoms with Gasteiger partial charge in [0.25, 0.3) is 0 Å². The van der Waals surface area contributed by atoms with Crippen LogP contribution in [-0.2, 0) is 16.1 Å². The van der Waals surface area contributed by atoms with Gasteiger partial charge in [-0.3, -0.25) is 9.59 Å². The first-order valence-electron chi connectivity index (χ1n) is 9.82. The van der Waals surface area contributed by atoms with Gasteiger partial charge in [-0.05, 0) is 28.8 Å². The van der Waals surface area contributed by atoms with E-state index < -0.39 is 0 Å². The molecule has 29 heavy (non-hydrogen) atoms. The standard InChI is InChI=1S/C25H26N2O2/c1-18(2)24(28)27-22-15-13-19(14-16-22)17-26-25(29)23(20-9-5-3-6-10-20)21-11-7-4-8-12-21/h3-16,18,23H,17H2,1-2H3,(H,26,29)(H,27,28). The Morgan fingerprint density at radius 1 is 0.724 bits per heavy atom. The molecule has 0 unspecified atom stereocenters. The van der Waals surface area contributed by atoms with Crippen LogP contribution in [0.25, 0.3) is 0 Å². The molecule has 0 atom stereocenters. The number of hydrogen-bond acceptors (Lipinski definition) is 2. The molecule has 3 rings (SSSR count). The number of carbonyl (C=O) groups is 2. The zero-order valence-electron chi connectivity index (χ0n) is 16.8. The molecule has 148 valence electrons. The topological polar surface area (TPSA) is 58.2 Å². The second-order valence-corrected chi connectivity index (χ2v) is 7.31. The van der Waals surface area contributed by atoms with E-state index in [2.05, 4.69) is 10.6 Å². The van der Waals surface area contributed by atoms with Gasteiger partial charge in [-0.2, -0.15) is 0 Å². The Labute approximate surface area is 172 Å². The highest BCUT2D eigenvalue weighted by Crippen LogP contribution is 2.25. The van der Waals surface area contributed by atoms with Crippen molar-refractivity contribution in [1.29, 1.82) is 0 Å². The Morgan fingerprint density at radius 3 is 1.72 bits per heavy atom. The maximum Gasteiger partial charge on any atom is 0.232 e. The molecular weight excluding hydrogens is 360 g/mol. The fraction of sp³-hybridized carbons (Fsp3) is 0.200. The SMILES string of the molecule is CC(C)C(=O)Nc1ccc(CNC(=O)C(c2ccccc2)c2ccccc2)cc1. The summed E-state index contributed by atoms with van der Waals surface area (Å²) >= 11 is 0. The van der Waals surface area contributed by atoms with Crippen LogP contribution in [0, 0.1) is 5.92 Å². The van der Waals surface area contributed by atoms with Crippen LogP contribution in [0.3, 0.4) is 0 Å². The summed E-state index contributed by atoms with van der Waals surface area (Å²) < 4.78 is 0. The molecule has 0 aliphatic rings. The van der Waals surface area contributed by atoms with Gasteiger partial charge >= 0.3 is 0 Å². The average Bonchev–Trinajstić information content (AvgIpc) is 2.75. The summed E-state index contributed by atoms with van der Waals surface area (Å²) in [6.07, 6.45) is 0. The molecule has 3 aromatic rings. The van der Waals surface area contributed by atoms with Crippen molar-refractivity contribution in [3.63, 3.8) is 0 Å². The lowest BCUT2D eigenvalue weighted by Gasteiger charge is -2.18. The van der Waals surface area contributed by atoms with Gasteiger partial charge in [0.05, 0.1) is 5.92 Å². The predicted octanol–water partition coefficient (Wildman–Crippen LogP) is 4.73. The monoisotopic (exact) mass is 386 g/mol. The predicted molar refractivity (Wildman–Crippen MR) is 116 cm³/mol. The van der Waals surface area contributed by atoms with Crippen molar-refractivity contribution < 1.29 is 9.59 Å². The van der Waals surface area contributed by atoms with E-state index in [9.17, 15) is 9.59 Å². The first kappa shape index (κ1) is 20.3. The molecule has 0 aliphatic carbocycles. The lowest BCUT2D eigenvalue weighted by Crippen LogP contribution is -2.29. The number of nitrogens with one attached hydrogen (secondary N) is 2. The van der Waals surface area contributed by atoms with Crippen LogP contribution in [0.1, 0.15) is 36.5 Å². The lowest BCUT2D eigenvalue weighted by molar-refractivity contribution is -0.122. The van der Waals surface area contributed by atoms with E-state index in [0.29, 0.717) is 6.54 Å². The van der Waals surface area contributed by atoms with Gasteiger partial charge in [0.15, 0.2) is 0 Å². The van der Waals surface area contributed by atoms with Gasteiger partial charge in [0, 0.05) is 18.2 Å². The van der Waals surface area contributed by atoms with Crippen molar-refractivity contribution in [2.75, 3.05) is 5.32 Å². The van der Waals surface area contributed by atoms with E-state index in [1.54, 1.807) is 0 Å². The Balaban J connectivity index is 1.68. The number of anilines is 1. The zero-order valence-corrected chi connectivity index (χ0v) is 16.8. The minimum Gasteiger partial charge on any atom is -0.351 e. The summed E-state index contributed by atoms with van der Waals surface area (Å²) in [5.41, 5.74) is 3.65. The number of amides is 2. The quantitative estimate of drug-likeness (QED) is 0.617. The number of carbonyl (C=O) groups excluding carboxylic acids is 2. The van der Waals surface area contributed by atoms with Crippen molar-refractivity contribution in [2.45, 2.75) is 26.3 Å². The van der Waals surface area contributed by atoms with Gasteiger partial charge < -0.3 is 10.6 Å². The van der Waals surface area contributed by atoms with Gasteiger partial charge in [-0.25, -0.2) is 0 Å². The molecule has 0 bridgehead atoms. The smallest absolute Gasteiger partial charge is 0.232 e. The first-order chi connectivity index (χ1) is 14.0. The summed E-state index contributed by atoms with van der Waals surface area (Å²) in [6, 6.07) is 27.1. The molecule has 4 nitrogen and oxygen atoms in total. The van der Waals surface area contributed by atoms with E-state index in [1.165, 1.54) is 0 Å². The minimum atomic E-state index is -0.359. The van der Waals surface area contributed by atoms with Crippen LogP contribution in [0.4, 0.5) is 5.69 Å². The van der Waals surface area contributed by atoms with Gasteiger partial charge in [0.2, 0.25) is 11.8 Å². The molecule has 0 aromatic heterocycles. The van der Waals surface area contributed by atoms with Gasteiger partial charge in [-0.15, -0.1) is 0 Å². The Kier molecular flexibility index (Phi) is 6.80. The molecule has 0 spiro atoms. The molecule has 0 heterocycles. The summed E-state index contributed by atoms with van der Waals surface area (Å²) in [7, 11) is 0. The van der Waals surface area contributed by atoms with Crippen LogP contribution < -0.4 is 10.6 Å². The van der Waals surface area contributed by atoms with Crippen molar-refractivity contribution >= 4 is 17.5 Å². The van der Waals surface area contributed by atoms with Crippen LogP contribution in [0.15, 0.2) is 84.9 Å². The average molecular weight is 386 g/mol. The minimum absolute atomic E-state index is 0.0142. The van der Waals surface area contributed by atoms with Gasteiger partial charge in [-0.1, -0.05) is 86.6 Å². The van der Waals surface area contributed by atoms with Crippen LogP contribution in [0.5, 0.6) is 0 Å². The molecule has 0 fully saturated rings. The van der Waals surface area contributed by atoms with E-state index in [1.807, 2.05) is 98.8 Å². The highest BCUT2D eigenvalue weighted by molar-refractivity contribution is 5.92. The normalized spacial score (nSPS) is 10.8. The number of hydrogen-bond donors (Lipinski definition) is 2. The highest BCUT2D eigenvalue weighted by atomic mass is 16.2. The lowest BCUT2D eigenvalue weighted by atomic mass is 9.90. The molecular formula is C25H26N2O2. The molecule has 0 saturated heterocycles. The third-order valence-electron chi connectivity index (χ3n) is 4.74.